The molecule has 2 fully saturated rings. The van der Waals surface area contributed by atoms with Gasteiger partial charge in [-0.3, -0.25) is 0 Å². The lowest BCUT2D eigenvalue weighted by Gasteiger charge is -2.46. The number of hydrogen-bond acceptors (Lipinski definition) is 4. The van der Waals surface area contributed by atoms with Crippen LogP contribution in [0.4, 0.5) is 0 Å². The standard InChI is InChI=1S/C13H26O2S2Si/c1-12(2)14-10-11(15-12)9-13(18(3,4)5)16-7-6-8-17-13/h11H,6-10H2,1-5H3/t11-/m0/s1. The van der Waals surface area contributed by atoms with Crippen molar-refractivity contribution in [3.63, 3.8) is 0 Å². The highest BCUT2D eigenvalue weighted by Crippen LogP contribution is 2.52. The maximum atomic E-state index is 6.05. The van der Waals surface area contributed by atoms with Crippen LogP contribution in [-0.4, -0.2) is 41.8 Å². The molecule has 0 aromatic rings. The van der Waals surface area contributed by atoms with Gasteiger partial charge in [0.1, 0.15) is 0 Å². The molecule has 0 aromatic heterocycles. The third kappa shape index (κ3) is 3.29. The molecule has 0 aliphatic carbocycles. The minimum Gasteiger partial charge on any atom is -0.348 e. The minimum absolute atomic E-state index is 0.282. The number of rotatable bonds is 3. The zero-order valence-corrected chi connectivity index (χ0v) is 14.9. The fourth-order valence-electron chi connectivity index (χ4n) is 2.60. The Kier molecular flexibility index (Phi) is 4.50. The smallest absolute Gasteiger partial charge is 0.163 e. The monoisotopic (exact) mass is 306 g/mol. The van der Waals surface area contributed by atoms with Crippen molar-refractivity contribution >= 4 is 31.6 Å². The van der Waals surface area contributed by atoms with Gasteiger partial charge in [-0.1, -0.05) is 19.6 Å². The second kappa shape index (κ2) is 5.32. The molecule has 106 valence electrons. The van der Waals surface area contributed by atoms with Crippen molar-refractivity contribution in [2.45, 2.75) is 61.9 Å². The number of hydrogen-bond donors (Lipinski definition) is 0. The summed E-state index contributed by atoms with van der Waals surface area (Å²) in [7, 11) is -1.23. The highest BCUT2D eigenvalue weighted by Gasteiger charge is 2.49. The quantitative estimate of drug-likeness (QED) is 0.734. The molecule has 0 unspecified atom stereocenters. The first-order valence-electron chi connectivity index (χ1n) is 6.84. The fraction of sp³-hybridized carbons (Fsp3) is 1.00. The molecule has 1 atom stereocenters. The Hall–Kier alpha value is 0.837. The average Bonchev–Trinajstić information content (AvgIpc) is 2.58. The second-order valence-corrected chi connectivity index (χ2v) is 15.8. The fourth-order valence-corrected chi connectivity index (χ4v) is 10.4. The van der Waals surface area contributed by atoms with Gasteiger partial charge < -0.3 is 9.47 Å². The van der Waals surface area contributed by atoms with Gasteiger partial charge in [-0.2, -0.15) is 0 Å². The summed E-state index contributed by atoms with van der Waals surface area (Å²) in [5, 5.41) is 0. The molecule has 0 amide bonds. The molecule has 0 N–H and O–H groups in total. The van der Waals surface area contributed by atoms with Crippen LogP contribution in [0, 0.1) is 0 Å². The van der Waals surface area contributed by atoms with Crippen molar-refractivity contribution in [2.75, 3.05) is 18.1 Å². The lowest BCUT2D eigenvalue weighted by atomic mass is 10.3. The molecule has 2 rings (SSSR count). The molecule has 0 bridgehead atoms. The maximum absolute atomic E-state index is 6.05. The first-order valence-corrected chi connectivity index (χ1v) is 12.3. The highest BCUT2D eigenvalue weighted by atomic mass is 32.2. The zero-order valence-electron chi connectivity index (χ0n) is 12.2. The molecule has 0 radical (unpaired) electrons. The average molecular weight is 307 g/mol. The topological polar surface area (TPSA) is 18.5 Å². The summed E-state index contributed by atoms with van der Waals surface area (Å²) in [6, 6.07) is 0. The van der Waals surface area contributed by atoms with Crippen LogP contribution in [0.15, 0.2) is 0 Å². The highest BCUT2D eigenvalue weighted by molar-refractivity contribution is 8.21. The van der Waals surface area contributed by atoms with Crippen LogP contribution < -0.4 is 0 Å². The minimum atomic E-state index is -1.23. The van der Waals surface area contributed by atoms with Gasteiger partial charge in [-0.25, -0.2) is 0 Å². The predicted molar refractivity (Wildman–Crippen MR) is 85.1 cm³/mol. The summed E-state index contributed by atoms with van der Waals surface area (Å²) in [5.74, 6) is 2.25. The zero-order chi connectivity index (χ0) is 13.4. The maximum Gasteiger partial charge on any atom is 0.163 e. The first kappa shape index (κ1) is 15.2. The van der Waals surface area contributed by atoms with Crippen LogP contribution in [0.3, 0.4) is 0 Å². The van der Waals surface area contributed by atoms with Crippen LogP contribution in [0.5, 0.6) is 0 Å². The Labute approximate surface area is 121 Å². The second-order valence-electron chi connectivity index (χ2n) is 6.71. The van der Waals surface area contributed by atoms with E-state index in [9.17, 15) is 0 Å². The van der Waals surface area contributed by atoms with Gasteiger partial charge in [0.05, 0.1) is 24.5 Å². The molecular formula is C13H26O2S2Si. The van der Waals surface area contributed by atoms with Crippen molar-refractivity contribution in [1.82, 2.24) is 0 Å². The molecule has 2 aliphatic rings. The Balaban J connectivity index is 2.07. The van der Waals surface area contributed by atoms with E-state index in [4.69, 9.17) is 9.47 Å². The van der Waals surface area contributed by atoms with Gasteiger partial charge in [0.2, 0.25) is 0 Å². The molecule has 5 heteroatoms. The van der Waals surface area contributed by atoms with Gasteiger partial charge in [-0.05, 0) is 38.2 Å². The Morgan fingerprint density at radius 2 is 1.78 bits per heavy atom. The van der Waals surface area contributed by atoms with Crippen LogP contribution in [0.25, 0.3) is 0 Å². The number of ether oxygens (including phenoxy) is 2. The summed E-state index contributed by atoms with van der Waals surface area (Å²) in [6.45, 7) is 12.3. The van der Waals surface area contributed by atoms with E-state index < -0.39 is 8.07 Å². The first-order chi connectivity index (χ1) is 8.24. The lowest BCUT2D eigenvalue weighted by molar-refractivity contribution is -0.138. The Bertz CT molecular complexity index is 296. The van der Waals surface area contributed by atoms with Crippen molar-refractivity contribution < 1.29 is 9.47 Å². The van der Waals surface area contributed by atoms with E-state index in [2.05, 4.69) is 43.2 Å². The third-order valence-electron chi connectivity index (χ3n) is 3.67. The molecule has 18 heavy (non-hydrogen) atoms. The molecular weight excluding hydrogens is 280 g/mol. The van der Waals surface area contributed by atoms with Crippen LogP contribution >= 0.6 is 23.5 Å². The largest absolute Gasteiger partial charge is 0.348 e. The van der Waals surface area contributed by atoms with Gasteiger partial charge >= 0.3 is 0 Å². The summed E-state index contributed by atoms with van der Waals surface area (Å²) in [4.78, 5) is 0. The van der Waals surface area contributed by atoms with Gasteiger partial charge in [0.15, 0.2) is 5.79 Å². The summed E-state index contributed by atoms with van der Waals surface area (Å²) in [5.41, 5.74) is 0. The van der Waals surface area contributed by atoms with E-state index >= 15 is 0 Å². The van der Waals surface area contributed by atoms with Crippen LogP contribution in [-0.2, 0) is 9.47 Å². The van der Waals surface area contributed by atoms with E-state index in [1.54, 1.807) is 0 Å². The van der Waals surface area contributed by atoms with E-state index in [1.807, 2.05) is 13.8 Å². The lowest BCUT2D eigenvalue weighted by Crippen LogP contribution is -2.51. The molecule has 2 saturated heterocycles. The molecule has 2 heterocycles. The Morgan fingerprint density at radius 1 is 1.17 bits per heavy atom. The summed E-state index contributed by atoms with van der Waals surface area (Å²) < 4.78 is 12.2. The molecule has 0 spiro atoms. The van der Waals surface area contributed by atoms with E-state index in [1.165, 1.54) is 17.9 Å². The normalized spacial score (nSPS) is 31.5. The summed E-state index contributed by atoms with van der Waals surface area (Å²) in [6.07, 6.45) is 2.79. The van der Waals surface area contributed by atoms with E-state index in [0.29, 0.717) is 3.70 Å². The van der Waals surface area contributed by atoms with E-state index in [0.717, 1.165) is 13.0 Å². The van der Waals surface area contributed by atoms with Crippen LogP contribution in [0.1, 0.15) is 26.7 Å². The van der Waals surface area contributed by atoms with E-state index in [-0.39, 0.29) is 11.9 Å². The van der Waals surface area contributed by atoms with Gasteiger partial charge in [-0.15, -0.1) is 23.5 Å². The molecule has 2 nitrogen and oxygen atoms in total. The predicted octanol–water partition coefficient (Wildman–Crippen LogP) is 3.97. The van der Waals surface area contributed by atoms with Crippen molar-refractivity contribution in [1.29, 1.82) is 0 Å². The molecule has 0 aromatic carbocycles. The van der Waals surface area contributed by atoms with Crippen molar-refractivity contribution in [3.8, 4) is 0 Å². The molecule has 0 saturated carbocycles. The van der Waals surface area contributed by atoms with Crippen molar-refractivity contribution in [2.24, 2.45) is 0 Å². The van der Waals surface area contributed by atoms with Gasteiger partial charge in [0.25, 0.3) is 0 Å². The van der Waals surface area contributed by atoms with Crippen molar-refractivity contribution in [3.05, 3.63) is 0 Å². The van der Waals surface area contributed by atoms with Gasteiger partial charge in [0, 0.05) is 0 Å². The summed E-state index contributed by atoms with van der Waals surface area (Å²) >= 11 is 4.39. The Morgan fingerprint density at radius 3 is 2.22 bits per heavy atom. The third-order valence-corrected chi connectivity index (χ3v) is 13.7. The molecule has 2 aliphatic heterocycles. The SMILES string of the molecule is CC1(C)OC[C@H](CC2([Si](C)(C)C)SCCCS2)O1. The number of thioether (sulfide) groups is 2. The van der Waals surface area contributed by atoms with Crippen LogP contribution in [0.2, 0.25) is 19.6 Å².